The highest BCUT2D eigenvalue weighted by atomic mass is 16.5. The van der Waals surface area contributed by atoms with Crippen molar-refractivity contribution in [2.75, 3.05) is 14.2 Å². The average molecular weight is 280 g/mol. The first-order valence-corrected chi connectivity index (χ1v) is 6.53. The van der Waals surface area contributed by atoms with Crippen molar-refractivity contribution < 1.29 is 24.2 Å². The van der Waals surface area contributed by atoms with Crippen molar-refractivity contribution in [1.82, 2.24) is 0 Å². The highest BCUT2D eigenvalue weighted by Gasteiger charge is 2.16. The summed E-state index contributed by atoms with van der Waals surface area (Å²) in [6.45, 7) is 2.03. The first-order chi connectivity index (χ1) is 9.53. The summed E-state index contributed by atoms with van der Waals surface area (Å²) in [5.41, 5.74) is 1.36. The Kier molecular flexibility index (Phi) is 6.03. The van der Waals surface area contributed by atoms with Gasteiger partial charge in [-0.15, -0.1) is 0 Å². The number of aliphatic carboxylic acids is 1. The molecule has 1 aromatic carbocycles. The number of Topliss-reactive ketones (excluding diaryl/α,β-unsaturated/α-hetero) is 1. The molecule has 0 atom stereocenters. The van der Waals surface area contributed by atoms with Gasteiger partial charge in [0.15, 0.2) is 17.3 Å². The number of ketones is 1. The van der Waals surface area contributed by atoms with Gasteiger partial charge in [0.1, 0.15) is 0 Å². The maximum atomic E-state index is 12.0. The zero-order valence-electron chi connectivity index (χ0n) is 12.1. The quantitative estimate of drug-likeness (QED) is 0.741. The SMILES string of the molecule is CCCc1cc(C(=O)CCC(=O)O)cc(OC)c1OC. The number of benzene rings is 1. The predicted octanol–water partition coefficient (Wildman–Crippen LogP) is 2.70. The van der Waals surface area contributed by atoms with Gasteiger partial charge in [0.2, 0.25) is 0 Å². The molecule has 0 saturated heterocycles. The maximum absolute atomic E-state index is 12.0. The summed E-state index contributed by atoms with van der Waals surface area (Å²) in [5.74, 6) is -0.0559. The molecule has 110 valence electrons. The van der Waals surface area contributed by atoms with Crippen LogP contribution in [0.1, 0.15) is 42.1 Å². The molecule has 0 fully saturated rings. The summed E-state index contributed by atoms with van der Waals surface area (Å²) in [5, 5.41) is 8.63. The highest BCUT2D eigenvalue weighted by molar-refractivity contribution is 5.98. The minimum atomic E-state index is -0.979. The van der Waals surface area contributed by atoms with E-state index in [4.69, 9.17) is 14.6 Å². The number of carboxylic acid groups (broad SMARTS) is 1. The van der Waals surface area contributed by atoms with Gasteiger partial charge in [-0.2, -0.15) is 0 Å². The molecule has 1 aromatic rings. The maximum Gasteiger partial charge on any atom is 0.303 e. The van der Waals surface area contributed by atoms with Gasteiger partial charge in [-0.05, 0) is 24.1 Å². The fourth-order valence-corrected chi connectivity index (χ4v) is 2.02. The van der Waals surface area contributed by atoms with E-state index in [0.29, 0.717) is 17.1 Å². The van der Waals surface area contributed by atoms with Crippen LogP contribution in [0.4, 0.5) is 0 Å². The van der Waals surface area contributed by atoms with Crippen LogP contribution in [0.2, 0.25) is 0 Å². The average Bonchev–Trinajstić information content (AvgIpc) is 2.44. The first kappa shape index (κ1) is 16.0. The second kappa shape index (κ2) is 7.53. The number of ether oxygens (including phenoxy) is 2. The van der Waals surface area contributed by atoms with E-state index in [1.165, 1.54) is 7.11 Å². The summed E-state index contributed by atoms with van der Waals surface area (Å²) in [4.78, 5) is 22.5. The fourth-order valence-electron chi connectivity index (χ4n) is 2.02. The van der Waals surface area contributed by atoms with Gasteiger partial charge in [0, 0.05) is 12.0 Å². The molecule has 0 radical (unpaired) electrons. The van der Waals surface area contributed by atoms with Crippen LogP contribution in [0.3, 0.4) is 0 Å². The van der Waals surface area contributed by atoms with Crippen molar-refractivity contribution in [2.24, 2.45) is 0 Å². The number of aryl methyl sites for hydroxylation is 1. The van der Waals surface area contributed by atoms with Gasteiger partial charge < -0.3 is 14.6 Å². The summed E-state index contributed by atoms with van der Waals surface area (Å²) >= 11 is 0. The first-order valence-electron chi connectivity index (χ1n) is 6.53. The Morgan fingerprint density at radius 1 is 1.15 bits per heavy atom. The molecule has 0 amide bonds. The predicted molar refractivity (Wildman–Crippen MR) is 74.7 cm³/mol. The Morgan fingerprint density at radius 2 is 1.85 bits per heavy atom. The smallest absolute Gasteiger partial charge is 0.303 e. The van der Waals surface area contributed by atoms with Gasteiger partial charge in [-0.1, -0.05) is 13.3 Å². The van der Waals surface area contributed by atoms with Crippen LogP contribution >= 0.6 is 0 Å². The largest absolute Gasteiger partial charge is 0.493 e. The summed E-state index contributed by atoms with van der Waals surface area (Å²) in [6.07, 6.45) is 1.48. The third-order valence-electron chi connectivity index (χ3n) is 2.96. The number of methoxy groups -OCH3 is 2. The van der Waals surface area contributed by atoms with E-state index in [9.17, 15) is 9.59 Å². The van der Waals surface area contributed by atoms with Crippen molar-refractivity contribution in [1.29, 1.82) is 0 Å². The fraction of sp³-hybridized carbons (Fsp3) is 0.467. The van der Waals surface area contributed by atoms with Gasteiger partial charge in [-0.25, -0.2) is 0 Å². The molecule has 0 heterocycles. The van der Waals surface area contributed by atoms with Crippen LogP contribution in [0, 0.1) is 0 Å². The van der Waals surface area contributed by atoms with E-state index in [-0.39, 0.29) is 18.6 Å². The van der Waals surface area contributed by atoms with Gasteiger partial charge >= 0.3 is 5.97 Å². The van der Waals surface area contributed by atoms with Gasteiger partial charge in [0.25, 0.3) is 0 Å². The van der Waals surface area contributed by atoms with E-state index in [1.807, 2.05) is 6.92 Å². The van der Waals surface area contributed by atoms with E-state index in [0.717, 1.165) is 18.4 Å². The van der Waals surface area contributed by atoms with Crippen molar-refractivity contribution in [3.8, 4) is 11.5 Å². The zero-order chi connectivity index (χ0) is 15.1. The Balaban J connectivity index is 3.10. The molecule has 5 nitrogen and oxygen atoms in total. The standard InChI is InChI=1S/C15H20O5/c1-4-5-10-8-11(12(16)6-7-14(17)18)9-13(19-2)15(10)20-3/h8-9H,4-7H2,1-3H3,(H,17,18). The number of hydrogen-bond donors (Lipinski definition) is 1. The minimum Gasteiger partial charge on any atom is -0.493 e. The second-order valence-corrected chi connectivity index (χ2v) is 4.44. The summed E-state index contributed by atoms with van der Waals surface area (Å²) in [6, 6.07) is 3.36. The molecule has 1 rings (SSSR count). The summed E-state index contributed by atoms with van der Waals surface area (Å²) in [7, 11) is 3.07. The van der Waals surface area contributed by atoms with Crippen LogP contribution in [0.25, 0.3) is 0 Å². The van der Waals surface area contributed by atoms with E-state index in [1.54, 1.807) is 19.2 Å². The van der Waals surface area contributed by atoms with Crippen molar-refractivity contribution in [3.05, 3.63) is 23.3 Å². The molecule has 20 heavy (non-hydrogen) atoms. The molecule has 5 heteroatoms. The van der Waals surface area contributed by atoms with Crippen LogP contribution in [-0.4, -0.2) is 31.1 Å². The number of carboxylic acids is 1. The minimum absolute atomic E-state index is 0.0175. The number of hydrogen-bond acceptors (Lipinski definition) is 4. The van der Waals surface area contributed by atoms with E-state index in [2.05, 4.69) is 0 Å². The van der Waals surface area contributed by atoms with Crippen LogP contribution < -0.4 is 9.47 Å². The van der Waals surface area contributed by atoms with Gasteiger partial charge in [-0.3, -0.25) is 9.59 Å². The normalized spacial score (nSPS) is 10.2. The lowest BCUT2D eigenvalue weighted by molar-refractivity contribution is -0.136. The summed E-state index contributed by atoms with van der Waals surface area (Å²) < 4.78 is 10.6. The molecular weight excluding hydrogens is 260 g/mol. The monoisotopic (exact) mass is 280 g/mol. The lowest BCUT2D eigenvalue weighted by Gasteiger charge is -2.14. The molecule has 0 bridgehead atoms. The number of carbonyl (C=O) groups excluding carboxylic acids is 1. The number of carbonyl (C=O) groups is 2. The molecular formula is C15H20O5. The zero-order valence-corrected chi connectivity index (χ0v) is 12.1. The molecule has 0 aliphatic rings. The second-order valence-electron chi connectivity index (χ2n) is 4.44. The topological polar surface area (TPSA) is 72.8 Å². The molecule has 0 spiro atoms. The number of rotatable bonds is 8. The molecule has 0 unspecified atom stereocenters. The van der Waals surface area contributed by atoms with Crippen LogP contribution in [0.5, 0.6) is 11.5 Å². The Bertz CT molecular complexity index is 493. The molecule has 0 aliphatic heterocycles. The molecule has 0 aromatic heterocycles. The van der Waals surface area contributed by atoms with E-state index >= 15 is 0 Å². The van der Waals surface area contributed by atoms with Crippen molar-refractivity contribution in [2.45, 2.75) is 32.6 Å². The lowest BCUT2D eigenvalue weighted by Crippen LogP contribution is -2.06. The molecule has 0 aliphatic carbocycles. The highest BCUT2D eigenvalue weighted by Crippen LogP contribution is 2.33. The van der Waals surface area contributed by atoms with Gasteiger partial charge in [0.05, 0.1) is 20.6 Å². The molecule has 1 N–H and O–H groups in total. The van der Waals surface area contributed by atoms with E-state index < -0.39 is 5.97 Å². The Labute approximate surface area is 118 Å². The lowest BCUT2D eigenvalue weighted by atomic mass is 10.00. The third kappa shape index (κ3) is 3.98. The van der Waals surface area contributed by atoms with Crippen molar-refractivity contribution in [3.63, 3.8) is 0 Å². The molecule has 0 saturated carbocycles. The Morgan fingerprint density at radius 3 is 2.35 bits per heavy atom. The van der Waals surface area contributed by atoms with Crippen LogP contribution in [0.15, 0.2) is 12.1 Å². The van der Waals surface area contributed by atoms with Crippen LogP contribution in [-0.2, 0) is 11.2 Å². The van der Waals surface area contributed by atoms with Crippen molar-refractivity contribution >= 4 is 11.8 Å². The Hall–Kier alpha value is -2.04. The third-order valence-corrected chi connectivity index (χ3v) is 2.96.